The van der Waals surface area contributed by atoms with Crippen LogP contribution in [0.25, 0.3) is 11.3 Å². The summed E-state index contributed by atoms with van der Waals surface area (Å²) < 4.78 is 14.7. The second-order valence-electron chi connectivity index (χ2n) is 3.54. The molecule has 2 heterocycles. The Morgan fingerprint density at radius 2 is 2.11 bits per heavy atom. The second kappa shape index (κ2) is 4.87. The number of aryl methyl sites for hydroxylation is 1. The Morgan fingerprint density at radius 3 is 2.67 bits per heavy atom. The van der Waals surface area contributed by atoms with Crippen molar-refractivity contribution in [3.63, 3.8) is 0 Å². The van der Waals surface area contributed by atoms with Crippen molar-refractivity contribution in [2.75, 3.05) is 14.2 Å². The quantitative estimate of drug-likeness (QED) is 0.771. The van der Waals surface area contributed by atoms with Crippen LogP contribution >= 0.6 is 0 Å². The maximum absolute atomic E-state index is 11.6. The lowest BCUT2D eigenvalue weighted by Gasteiger charge is -2.01. The average Bonchev–Trinajstić information content (AvgIpc) is 2.80. The highest BCUT2D eigenvalue weighted by Crippen LogP contribution is 2.26. The van der Waals surface area contributed by atoms with Crippen molar-refractivity contribution in [1.82, 2.24) is 10.1 Å². The molecule has 0 aliphatic carbocycles. The largest absolute Gasteiger partial charge is 0.481 e. The molecule has 0 bridgehead atoms. The van der Waals surface area contributed by atoms with E-state index < -0.39 is 5.97 Å². The molecular weight excluding hydrogens is 236 g/mol. The molecule has 0 saturated heterocycles. The average molecular weight is 248 g/mol. The predicted molar refractivity (Wildman–Crippen MR) is 62.4 cm³/mol. The van der Waals surface area contributed by atoms with E-state index in [9.17, 15) is 4.79 Å². The number of hydrogen-bond acceptors (Lipinski definition) is 6. The van der Waals surface area contributed by atoms with Crippen molar-refractivity contribution >= 4 is 5.97 Å². The van der Waals surface area contributed by atoms with Crippen LogP contribution in [0.1, 0.15) is 16.1 Å². The molecule has 6 nitrogen and oxygen atoms in total. The lowest BCUT2D eigenvalue weighted by molar-refractivity contribution is 0.0599. The molecule has 0 fully saturated rings. The van der Waals surface area contributed by atoms with E-state index >= 15 is 0 Å². The van der Waals surface area contributed by atoms with Gasteiger partial charge in [0, 0.05) is 17.8 Å². The van der Waals surface area contributed by atoms with Crippen LogP contribution in [0.3, 0.4) is 0 Å². The van der Waals surface area contributed by atoms with Crippen LogP contribution in [0.4, 0.5) is 0 Å². The van der Waals surface area contributed by atoms with Crippen LogP contribution in [0, 0.1) is 6.92 Å². The predicted octanol–water partition coefficient (Wildman–Crippen LogP) is 1.84. The monoisotopic (exact) mass is 248 g/mol. The fourth-order valence-corrected chi connectivity index (χ4v) is 1.55. The summed E-state index contributed by atoms with van der Waals surface area (Å²) in [6.45, 7) is 1.65. The van der Waals surface area contributed by atoms with Gasteiger partial charge in [0.05, 0.1) is 14.2 Å². The van der Waals surface area contributed by atoms with Gasteiger partial charge < -0.3 is 14.0 Å². The number of ether oxygens (including phenoxy) is 2. The molecule has 2 rings (SSSR count). The smallest absolute Gasteiger partial charge is 0.343 e. The summed E-state index contributed by atoms with van der Waals surface area (Å²) in [6, 6.07) is 3.43. The Balaban J connectivity index is 2.47. The van der Waals surface area contributed by atoms with Crippen molar-refractivity contribution in [2.45, 2.75) is 6.92 Å². The topological polar surface area (TPSA) is 74.5 Å². The first kappa shape index (κ1) is 12.1. The van der Waals surface area contributed by atoms with Gasteiger partial charge in [-0.05, 0) is 13.0 Å². The van der Waals surface area contributed by atoms with Gasteiger partial charge in [-0.3, -0.25) is 0 Å². The summed E-state index contributed by atoms with van der Waals surface area (Å²) in [7, 11) is 2.84. The molecule has 2 aromatic heterocycles. The number of rotatable bonds is 3. The Kier molecular flexibility index (Phi) is 3.27. The van der Waals surface area contributed by atoms with E-state index in [1.54, 1.807) is 25.3 Å². The standard InChI is InChI=1S/C12H12N2O4/c1-7-10(12(15)17-3)11(14-18-7)8-4-5-9(16-2)13-6-8/h4-6H,1-3H3. The molecule has 0 atom stereocenters. The fourth-order valence-electron chi connectivity index (χ4n) is 1.55. The van der Waals surface area contributed by atoms with Crippen LogP contribution in [0.15, 0.2) is 22.9 Å². The number of esters is 1. The zero-order valence-electron chi connectivity index (χ0n) is 10.3. The molecule has 0 N–H and O–H groups in total. The van der Waals surface area contributed by atoms with E-state index in [1.807, 2.05) is 0 Å². The van der Waals surface area contributed by atoms with E-state index in [-0.39, 0.29) is 0 Å². The van der Waals surface area contributed by atoms with E-state index in [1.165, 1.54) is 14.2 Å². The normalized spacial score (nSPS) is 10.2. The molecule has 2 aromatic rings. The van der Waals surface area contributed by atoms with Crippen molar-refractivity contribution in [3.05, 3.63) is 29.7 Å². The summed E-state index contributed by atoms with van der Waals surface area (Å²) in [5, 5.41) is 3.85. The highest BCUT2D eigenvalue weighted by Gasteiger charge is 2.22. The number of methoxy groups -OCH3 is 2. The van der Waals surface area contributed by atoms with Gasteiger partial charge in [-0.2, -0.15) is 0 Å². The van der Waals surface area contributed by atoms with Gasteiger partial charge in [0.1, 0.15) is 17.0 Å². The van der Waals surface area contributed by atoms with Crippen LogP contribution in [0.2, 0.25) is 0 Å². The number of carbonyl (C=O) groups is 1. The van der Waals surface area contributed by atoms with E-state index in [0.717, 1.165) is 0 Å². The molecule has 0 aliphatic heterocycles. The second-order valence-corrected chi connectivity index (χ2v) is 3.54. The third-order valence-corrected chi connectivity index (χ3v) is 2.47. The molecule has 0 aromatic carbocycles. The zero-order valence-corrected chi connectivity index (χ0v) is 10.3. The third kappa shape index (κ3) is 2.04. The first-order chi connectivity index (χ1) is 8.67. The number of pyridine rings is 1. The van der Waals surface area contributed by atoms with Crippen molar-refractivity contribution in [3.8, 4) is 17.1 Å². The van der Waals surface area contributed by atoms with E-state index in [2.05, 4.69) is 10.1 Å². The maximum Gasteiger partial charge on any atom is 0.343 e. The van der Waals surface area contributed by atoms with Crippen LogP contribution in [0.5, 0.6) is 5.88 Å². The zero-order chi connectivity index (χ0) is 13.1. The molecule has 94 valence electrons. The highest BCUT2D eigenvalue weighted by molar-refractivity contribution is 5.96. The molecule has 0 spiro atoms. The minimum absolute atomic E-state index is 0.310. The first-order valence-corrected chi connectivity index (χ1v) is 5.22. The lowest BCUT2D eigenvalue weighted by Crippen LogP contribution is -2.03. The van der Waals surface area contributed by atoms with Crippen LogP contribution in [-0.4, -0.2) is 30.3 Å². The summed E-state index contributed by atoms with van der Waals surface area (Å²) in [5.41, 5.74) is 1.38. The van der Waals surface area contributed by atoms with E-state index in [0.29, 0.717) is 28.5 Å². The third-order valence-electron chi connectivity index (χ3n) is 2.47. The lowest BCUT2D eigenvalue weighted by atomic mass is 10.1. The van der Waals surface area contributed by atoms with Crippen LogP contribution in [-0.2, 0) is 4.74 Å². The maximum atomic E-state index is 11.6. The number of aromatic nitrogens is 2. The Bertz CT molecular complexity index is 560. The molecular formula is C12H12N2O4. The molecule has 0 radical (unpaired) electrons. The fraction of sp³-hybridized carbons (Fsp3) is 0.250. The molecule has 0 unspecified atom stereocenters. The van der Waals surface area contributed by atoms with Crippen molar-refractivity contribution in [2.24, 2.45) is 0 Å². The molecule has 18 heavy (non-hydrogen) atoms. The first-order valence-electron chi connectivity index (χ1n) is 5.22. The van der Waals surface area contributed by atoms with Gasteiger partial charge in [-0.15, -0.1) is 0 Å². The van der Waals surface area contributed by atoms with Gasteiger partial charge in [0.2, 0.25) is 5.88 Å². The van der Waals surface area contributed by atoms with Crippen molar-refractivity contribution in [1.29, 1.82) is 0 Å². The summed E-state index contributed by atoms with van der Waals surface area (Å²) >= 11 is 0. The molecule has 6 heteroatoms. The Labute approximate surface area is 104 Å². The van der Waals surface area contributed by atoms with Crippen molar-refractivity contribution < 1.29 is 18.8 Å². The number of carbonyl (C=O) groups excluding carboxylic acids is 1. The summed E-state index contributed by atoms with van der Waals surface area (Å²) in [4.78, 5) is 15.7. The van der Waals surface area contributed by atoms with Gasteiger partial charge in [-0.1, -0.05) is 5.16 Å². The number of hydrogen-bond donors (Lipinski definition) is 0. The van der Waals surface area contributed by atoms with Gasteiger partial charge >= 0.3 is 5.97 Å². The minimum atomic E-state index is -0.487. The highest BCUT2D eigenvalue weighted by atomic mass is 16.5. The summed E-state index contributed by atoms with van der Waals surface area (Å²) in [6.07, 6.45) is 1.56. The Morgan fingerprint density at radius 1 is 1.33 bits per heavy atom. The molecule has 0 saturated carbocycles. The SMILES string of the molecule is COC(=O)c1c(-c2ccc(OC)nc2)noc1C. The minimum Gasteiger partial charge on any atom is -0.481 e. The molecule has 0 amide bonds. The van der Waals surface area contributed by atoms with E-state index in [4.69, 9.17) is 14.0 Å². The number of nitrogens with zero attached hydrogens (tertiary/aromatic N) is 2. The van der Waals surface area contributed by atoms with Gasteiger partial charge in [0.15, 0.2) is 0 Å². The summed E-state index contributed by atoms with van der Waals surface area (Å²) in [5.74, 6) is 0.408. The van der Waals surface area contributed by atoms with Gasteiger partial charge in [-0.25, -0.2) is 9.78 Å². The van der Waals surface area contributed by atoms with Gasteiger partial charge in [0.25, 0.3) is 0 Å². The van der Waals surface area contributed by atoms with Crippen LogP contribution < -0.4 is 4.74 Å². The molecule has 0 aliphatic rings. The Hall–Kier alpha value is -2.37.